The molecule has 4 aromatic rings. The van der Waals surface area contributed by atoms with Crippen LogP contribution in [0.4, 0.5) is 0 Å². The van der Waals surface area contributed by atoms with E-state index < -0.39 is 0 Å². The summed E-state index contributed by atoms with van der Waals surface area (Å²) in [6.45, 7) is 6.69. The van der Waals surface area contributed by atoms with Crippen LogP contribution < -0.4 is 4.74 Å². The minimum Gasteiger partial charge on any atom is -0.484 e. The maximum Gasteiger partial charge on any atom is 0.261 e. The number of nitrogens with one attached hydrogen (secondary N) is 1. The highest BCUT2D eigenvalue weighted by Crippen LogP contribution is 2.34. The lowest BCUT2D eigenvalue weighted by Gasteiger charge is -2.31. The number of fused-ring (bicyclic) bond motifs is 1. The van der Waals surface area contributed by atoms with Crippen LogP contribution in [0.5, 0.6) is 5.75 Å². The van der Waals surface area contributed by atoms with Crippen molar-refractivity contribution in [1.29, 1.82) is 0 Å². The largest absolute Gasteiger partial charge is 0.484 e. The average Bonchev–Trinajstić information content (AvgIpc) is 3.21. The Morgan fingerprint density at radius 3 is 2.26 bits per heavy atom. The molecule has 0 fully saturated rings. The number of nitrogens with zero attached hydrogens (tertiary/aromatic N) is 1. The Morgan fingerprint density at radius 2 is 1.58 bits per heavy atom. The van der Waals surface area contributed by atoms with Crippen molar-refractivity contribution in [3.8, 4) is 5.75 Å². The van der Waals surface area contributed by atoms with Crippen molar-refractivity contribution in [2.75, 3.05) is 13.2 Å². The van der Waals surface area contributed by atoms with E-state index in [1.165, 1.54) is 5.56 Å². The molecule has 0 aliphatic rings. The number of hydrogen-bond donors (Lipinski definition) is 1. The van der Waals surface area contributed by atoms with Crippen molar-refractivity contribution >= 4 is 16.8 Å². The van der Waals surface area contributed by atoms with Crippen molar-refractivity contribution in [1.82, 2.24) is 9.88 Å². The molecule has 1 aromatic heterocycles. The van der Waals surface area contributed by atoms with Crippen molar-refractivity contribution in [2.24, 2.45) is 0 Å². The van der Waals surface area contributed by atoms with Gasteiger partial charge in [-0.3, -0.25) is 4.79 Å². The molecular formula is C27H28N2O2. The van der Waals surface area contributed by atoms with Crippen LogP contribution in [-0.2, 0) is 4.79 Å². The quantitative estimate of drug-likeness (QED) is 0.417. The van der Waals surface area contributed by atoms with E-state index in [-0.39, 0.29) is 18.6 Å². The molecule has 0 saturated heterocycles. The highest BCUT2D eigenvalue weighted by atomic mass is 16.5. The summed E-state index contributed by atoms with van der Waals surface area (Å²) in [4.78, 5) is 18.6. The summed E-state index contributed by atoms with van der Waals surface area (Å²) >= 11 is 0. The normalized spacial score (nSPS) is 12.0. The first-order chi connectivity index (χ1) is 15.1. The van der Waals surface area contributed by atoms with Gasteiger partial charge in [-0.25, -0.2) is 0 Å². The zero-order valence-electron chi connectivity index (χ0n) is 18.3. The van der Waals surface area contributed by atoms with Gasteiger partial charge in [-0.15, -0.1) is 0 Å². The summed E-state index contributed by atoms with van der Waals surface area (Å²) in [7, 11) is 0. The molecule has 0 aliphatic carbocycles. The van der Waals surface area contributed by atoms with Crippen molar-refractivity contribution in [2.45, 2.75) is 26.8 Å². The molecule has 31 heavy (non-hydrogen) atoms. The predicted molar refractivity (Wildman–Crippen MR) is 125 cm³/mol. The third-order valence-corrected chi connectivity index (χ3v) is 5.66. The van der Waals surface area contributed by atoms with Crippen molar-refractivity contribution in [3.05, 3.63) is 101 Å². The minimum atomic E-state index is -0.198. The molecule has 3 aromatic carbocycles. The average molecular weight is 413 g/mol. The molecule has 1 heterocycles. The van der Waals surface area contributed by atoms with Crippen LogP contribution in [0.3, 0.4) is 0 Å². The Balaban J connectivity index is 1.67. The fraction of sp³-hybridized carbons (Fsp3) is 0.222. The predicted octanol–water partition coefficient (Wildman–Crippen LogP) is 5.80. The Hall–Kier alpha value is -3.53. The van der Waals surface area contributed by atoms with E-state index in [9.17, 15) is 4.79 Å². The maximum absolute atomic E-state index is 13.3. The van der Waals surface area contributed by atoms with E-state index in [2.05, 4.69) is 48.3 Å². The van der Waals surface area contributed by atoms with Crippen LogP contribution in [-0.4, -0.2) is 28.9 Å². The first-order valence-corrected chi connectivity index (χ1v) is 10.7. The molecule has 158 valence electrons. The third kappa shape index (κ3) is 4.48. The van der Waals surface area contributed by atoms with Crippen LogP contribution in [0.1, 0.15) is 35.2 Å². The summed E-state index contributed by atoms with van der Waals surface area (Å²) in [6, 6.07) is 24.2. The van der Waals surface area contributed by atoms with Gasteiger partial charge in [0.1, 0.15) is 5.75 Å². The number of ether oxygens (including phenoxy) is 1. The third-order valence-electron chi connectivity index (χ3n) is 5.66. The number of aromatic nitrogens is 1. The first kappa shape index (κ1) is 20.7. The zero-order chi connectivity index (χ0) is 21.8. The van der Waals surface area contributed by atoms with Gasteiger partial charge < -0.3 is 14.6 Å². The number of carbonyl (C=O) groups excluding carboxylic acids is 1. The summed E-state index contributed by atoms with van der Waals surface area (Å²) in [5, 5.41) is 1.12. The number of aryl methyl sites for hydroxylation is 2. The van der Waals surface area contributed by atoms with Gasteiger partial charge in [-0.2, -0.15) is 0 Å². The topological polar surface area (TPSA) is 45.3 Å². The highest BCUT2D eigenvalue weighted by molar-refractivity contribution is 5.86. The smallest absolute Gasteiger partial charge is 0.261 e. The van der Waals surface area contributed by atoms with Crippen LogP contribution in [0, 0.1) is 13.8 Å². The molecule has 0 radical (unpaired) electrons. The summed E-state index contributed by atoms with van der Waals surface area (Å²) in [6.07, 6.45) is 2.02. The SMILES string of the molecule is CCN(C(=O)COc1ccc(C)cc1)[C@@H](c1ccc(C)cc1)c1c[nH]c2ccccc12. The number of para-hydroxylation sites is 1. The molecule has 0 unspecified atom stereocenters. The highest BCUT2D eigenvalue weighted by Gasteiger charge is 2.28. The number of amides is 1. The van der Waals surface area contributed by atoms with Gasteiger partial charge in [-0.1, -0.05) is 65.7 Å². The summed E-state index contributed by atoms with van der Waals surface area (Å²) in [5.41, 5.74) is 5.59. The lowest BCUT2D eigenvalue weighted by molar-refractivity contribution is -0.134. The molecule has 0 aliphatic heterocycles. The van der Waals surface area contributed by atoms with Gasteiger partial charge in [0.25, 0.3) is 5.91 Å². The van der Waals surface area contributed by atoms with Crippen LogP contribution >= 0.6 is 0 Å². The van der Waals surface area contributed by atoms with E-state index >= 15 is 0 Å². The molecule has 4 rings (SSSR count). The zero-order valence-corrected chi connectivity index (χ0v) is 18.3. The fourth-order valence-corrected chi connectivity index (χ4v) is 3.96. The summed E-state index contributed by atoms with van der Waals surface area (Å²) in [5.74, 6) is 0.660. The van der Waals surface area contributed by atoms with E-state index in [0.29, 0.717) is 12.3 Å². The number of benzene rings is 3. The second-order valence-corrected chi connectivity index (χ2v) is 7.88. The number of likely N-dealkylation sites (N-methyl/N-ethyl adjacent to an activating group) is 1. The Bertz CT molecular complexity index is 1160. The van der Waals surface area contributed by atoms with E-state index in [1.54, 1.807) is 0 Å². The Morgan fingerprint density at radius 1 is 0.935 bits per heavy atom. The van der Waals surface area contributed by atoms with Crippen molar-refractivity contribution in [3.63, 3.8) is 0 Å². The van der Waals surface area contributed by atoms with Gasteiger partial charge >= 0.3 is 0 Å². The molecule has 1 N–H and O–H groups in total. The van der Waals surface area contributed by atoms with Gasteiger partial charge in [0, 0.05) is 29.2 Å². The number of H-pyrrole nitrogens is 1. The summed E-state index contributed by atoms with van der Waals surface area (Å²) < 4.78 is 5.82. The standard InChI is InChI=1S/C27H28N2O2/c1-4-29(26(30)18-31-22-15-11-20(3)12-16-22)27(21-13-9-19(2)10-14-21)24-17-28-25-8-6-5-7-23(24)25/h5-17,27-28H,4,18H2,1-3H3/t27-/m0/s1. The molecule has 1 amide bonds. The molecule has 4 nitrogen and oxygen atoms in total. The van der Waals surface area contributed by atoms with Crippen molar-refractivity contribution < 1.29 is 9.53 Å². The second kappa shape index (κ2) is 9.09. The van der Waals surface area contributed by atoms with Crippen LogP contribution in [0.2, 0.25) is 0 Å². The second-order valence-electron chi connectivity index (χ2n) is 7.88. The molecule has 0 saturated carbocycles. The molecule has 1 atom stereocenters. The van der Waals surface area contributed by atoms with Gasteiger partial charge in [0.05, 0.1) is 6.04 Å². The van der Waals surface area contributed by atoms with Crippen LogP contribution in [0.15, 0.2) is 79.0 Å². The van der Waals surface area contributed by atoms with E-state index in [1.807, 2.05) is 61.3 Å². The first-order valence-electron chi connectivity index (χ1n) is 10.7. The Labute approximate surface area is 183 Å². The fourth-order valence-electron chi connectivity index (χ4n) is 3.96. The Kier molecular flexibility index (Phi) is 6.08. The lowest BCUT2D eigenvalue weighted by Crippen LogP contribution is -2.38. The van der Waals surface area contributed by atoms with Gasteiger partial charge in [-0.05, 0) is 44.5 Å². The molecular weight excluding hydrogens is 384 g/mol. The maximum atomic E-state index is 13.3. The van der Waals surface area contributed by atoms with E-state index in [0.717, 1.165) is 27.6 Å². The number of hydrogen-bond acceptors (Lipinski definition) is 2. The number of carbonyl (C=O) groups is 1. The minimum absolute atomic E-state index is 0.00160. The lowest BCUT2D eigenvalue weighted by atomic mass is 9.95. The number of aromatic amines is 1. The van der Waals surface area contributed by atoms with E-state index in [4.69, 9.17) is 4.74 Å². The molecule has 0 bridgehead atoms. The number of rotatable bonds is 7. The van der Waals surface area contributed by atoms with Crippen LogP contribution in [0.25, 0.3) is 10.9 Å². The molecule has 0 spiro atoms. The molecule has 4 heteroatoms. The van der Waals surface area contributed by atoms with Gasteiger partial charge in [0.2, 0.25) is 0 Å². The monoisotopic (exact) mass is 412 g/mol. The van der Waals surface area contributed by atoms with Gasteiger partial charge in [0.15, 0.2) is 6.61 Å².